The molecule has 2 N–H and O–H groups in total. The van der Waals surface area contributed by atoms with Gasteiger partial charge >= 0.3 is 5.97 Å². The van der Waals surface area contributed by atoms with Crippen molar-refractivity contribution < 1.29 is 14.7 Å². The number of carboxylic acids is 1. The topological polar surface area (TPSA) is 66.4 Å². The second-order valence-corrected chi connectivity index (χ2v) is 5.65. The number of carbonyl (C=O) groups excluding carboxylic acids is 1. The normalized spacial score (nSPS) is 12.1. The zero-order valence-electron chi connectivity index (χ0n) is 13.8. The third-order valence-electron chi connectivity index (χ3n) is 4.41. The molecule has 1 atom stereocenters. The second kappa shape index (κ2) is 6.74. The Bertz CT molecular complexity index is 547. The summed E-state index contributed by atoms with van der Waals surface area (Å²) in [6.45, 7) is 11.8. The molecule has 0 aliphatic rings. The standard InChI is InChI=1S/C17H25NO3/c1-7-8-14(17(20)21)18-16(19)15-12(5)10(3)9(2)11(4)13(15)6/h14H,7-8H2,1-6H3,(H,18,19)(H,20,21)/t14-/m1/s1. The lowest BCUT2D eigenvalue weighted by Crippen LogP contribution is -2.41. The molecule has 1 aromatic rings. The van der Waals surface area contributed by atoms with E-state index in [1.54, 1.807) is 0 Å². The van der Waals surface area contributed by atoms with Crippen LogP contribution in [0.15, 0.2) is 0 Å². The summed E-state index contributed by atoms with van der Waals surface area (Å²) in [5, 5.41) is 11.8. The maximum absolute atomic E-state index is 12.5. The monoisotopic (exact) mass is 291 g/mol. The molecule has 116 valence electrons. The Labute approximate surface area is 126 Å². The van der Waals surface area contributed by atoms with Gasteiger partial charge in [0.05, 0.1) is 0 Å². The summed E-state index contributed by atoms with van der Waals surface area (Å²) >= 11 is 0. The highest BCUT2D eigenvalue weighted by Gasteiger charge is 2.23. The third kappa shape index (κ3) is 3.43. The summed E-state index contributed by atoms with van der Waals surface area (Å²) in [5.74, 6) is -1.28. The fourth-order valence-electron chi connectivity index (χ4n) is 2.62. The number of hydrogen-bond acceptors (Lipinski definition) is 2. The molecule has 0 bridgehead atoms. The minimum atomic E-state index is -0.985. The van der Waals surface area contributed by atoms with Gasteiger partial charge < -0.3 is 10.4 Å². The van der Waals surface area contributed by atoms with Crippen molar-refractivity contribution in [3.05, 3.63) is 33.4 Å². The summed E-state index contributed by atoms with van der Waals surface area (Å²) in [4.78, 5) is 23.7. The van der Waals surface area contributed by atoms with Crippen LogP contribution in [0.4, 0.5) is 0 Å². The van der Waals surface area contributed by atoms with E-state index < -0.39 is 12.0 Å². The SMILES string of the molecule is CCC[C@@H](NC(=O)c1c(C)c(C)c(C)c(C)c1C)C(=O)O. The Morgan fingerprint density at radius 2 is 1.38 bits per heavy atom. The predicted molar refractivity (Wildman–Crippen MR) is 83.9 cm³/mol. The highest BCUT2D eigenvalue weighted by atomic mass is 16.4. The lowest BCUT2D eigenvalue weighted by Gasteiger charge is -2.20. The van der Waals surface area contributed by atoms with Crippen LogP contribution in [0, 0.1) is 34.6 Å². The first kappa shape index (κ1) is 17.2. The van der Waals surface area contributed by atoms with E-state index in [0.717, 1.165) is 22.3 Å². The molecule has 0 saturated carbocycles. The molecule has 0 aromatic heterocycles. The molecule has 21 heavy (non-hydrogen) atoms. The summed E-state index contributed by atoms with van der Waals surface area (Å²) < 4.78 is 0. The summed E-state index contributed by atoms with van der Waals surface area (Å²) in [6.07, 6.45) is 1.14. The van der Waals surface area contributed by atoms with Crippen LogP contribution in [-0.2, 0) is 4.79 Å². The van der Waals surface area contributed by atoms with Gasteiger partial charge in [-0.1, -0.05) is 13.3 Å². The number of carboxylic acid groups (broad SMARTS) is 1. The van der Waals surface area contributed by atoms with Gasteiger partial charge in [-0.2, -0.15) is 0 Å². The first-order chi connectivity index (χ1) is 9.72. The van der Waals surface area contributed by atoms with E-state index in [-0.39, 0.29) is 5.91 Å². The number of benzene rings is 1. The predicted octanol–water partition coefficient (Wildman–Crippen LogP) is 3.21. The molecule has 0 fully saturated rings. The number of amides is 1. The first-order valence-electron chi connectivity index (χ1n) is 7.32. The molecular weight excluding hydrogens is 266 g/mol. The lowest BCUT2D eigenvalue weighted by atomic mass is 9.89. The summed E-state index contributed by atoms with van der Waals surface area (Å²) in [5.41, 5.74) is 5.82. The molecule has 0 aliphatic heterocycles. The molecule has 0 saturated heterocycles. The van der Waals surface area contributed by atoms with E-state index in [4.69, 9.17) is 0 Å². The molecular formula is C17H25NO3. The van der Waals surface area contributed by atoms with Crippen molar-refractivity contribution in [3.63, 3.8) is 0 Å². The quantitative estimate of drug-likeness (QED) is 0.875. The van der Waals surface area contributed by atoms with E-state index in [1.807, 2.05) is 41.5 Å². The molecule has 1 rings (SSSR count). The molecule has 0 aliphatic carbocycles. The average molecular weight is 291 g/mol. The van der Waals surface area contributed by atoms with Gasteiger partial charge in [0.1, 0.15) is 6.04 Å². The van der Waals surface area contributed by atoms with Crippen LogP contribution in [0.3, 0.4) is 0 Å². The van der Waals surface area contributed by atoms with Crippen molar-refractivity contribution in [1.29, 1.82) is 0 Å². The van der Waals surface area contributed by atoms with Gasteiger partial charge in [0, 0.05) is 5.56 Å². The average Bonchev–Trinajstić information content (AvgIpc) is 2.42. The molecule has 0 unspecified atom stereocenters. The van der Waals surface area contributed by atoms with Gasteiger partial charge in [-0.15, -0.1) is 0 Å². The highest BCUT2D eigenvalue weighted by Crippen LogP contribution is 2.26. The van der Waals surface area contributed by atoms with E-state index in [2.05, 4.69) is 5.32 Å². The van der Waals surface area contributed by atoms with E-state index >= 15 is 0 Å². The van der Waals surface area contributed by atoms with Crippen LogP contribution in [0.1, 0.15) is 57.9 Å². The minimum absolute atomic E-state index is 0.294. The number of hydrogen-bond donors (Lipinski definition) is 2. The van der Waals surface area contributed by atoms with E-state index in [1.165, 1.54) is 5.56 Å². The summed E-state index contributed by atoms with van der Waals surface area (Å²) in [6, 6.07) is -0.830. The zero-order chi connectivity index (χ0) is 16.3. The van der Waals surface area contributed by atoms with Crippen molar-refractivity contribution in [3.8, 4) is 0 Å². The van der Waals surface area contributed by atoms with Gasteiger partial charge in [-0.25, -0.2) is 4.79 Å². The number of carbonyl (C=O) groups is 2. The van der Waals surface area contributed by atoms with E-state index in [0.29, 0.717) is 18.4 Å². The highest BCUT2D eigenvalue weighted by molar-refractivity contribution is 5.99. The van der Waals surface area contributed by atoms with Gasteiger partial charge in [0.15, 0.2) is 0 Å². The lowest BCUT2D eigenvalue weighted by molar-refractivity contribution is -0.139. The molecule has 0 radical (unpaired) electrons. The van der Waals surface area contributed by atoms with Crippen molar-refractivity contribution in [2.75, 3.05) is 0 Å². The molecule has 1 aromatic carbocycles. The van der Waals surface area contributed by atoms with Crippen LogP contribution >= 0.6 is 0 Å². The fourth-order valence-corrected chi connectivity index (χ4v) is 2.62. The van der Waals surface area contributed by atoms with Crippen LogP contribution < -0.4 is 5.32 Å². The Balaban J connectivity index is 3.22. The van der Waals surface area contributed by atoms with Crippen molar-refractivity contribution in [1.82, 2.24) is 5.32 Å². The van der Waals surface area contributed by atoms with Crippen molar-refractivity contribution in [2.24, 2.45) is 0 Å². The van der Waals surface area contributed by atoms with Gasteiger partial charge in [-0.05, 0) is 68.9 Å². The Morgan fingerprint density at radius 1 is 0.952 bits per heavy atom. The van der Waals surface area contributed by atoms with Crippen LogP contribution in [0.2, 0.25) is 0 Å². The van der Waals surface area contributed by atoms with Gasteiger partial charge in [0.25, 0.3) is 5.91 Å². The summed E-state index contributed by atoms with van der Waals surface area (Å²) in [7, 11) is 0. The minimum Gasteiger partial charge on any atom is -0.480 e. The largest absolute Gasteiger partial charge is 0.480 e. The molecule has 4 heteroatoms. The van der Waals surface area contributed by atoms with Gasteiger partial charge in [0.2, 0.25) is 0 Å². The van der Waals surface area contributed by atoms with E-state index in [9.17, 15) is 14.7 Å². The number of aliphatic carboxylic acids is 1. The maximum Gasteiger partial charge on any atom is 0.326 e. The molecule has 0 spiro atoms. The third-order valence-corrected chi connectivity index (χ3v) is 4.41. The smallest absolute Gasteiger partial charge is 0.326 e. The second-order valence-electron chi connectivity index (χ2n) is 5.65. The zero-order valence-corrected chi connectivity index (χ0v) is 13.8. The molecule has 0 heterocycles. The number of rotatable bonds is 5. The Morgan fingerprint density at radius 3 is 1.76 bits per heavy atom. The molecule has 4 nitrogen and oxygen atoms in total. The van der Waals surface area contributed by atoms with Crippen LogP contribution in [0.5, 0.6) is 0 Å². The van der Waals surface area contributed by atoms with Crippen LogP contribution in [-0.4, -0.2) is 23.0 Å². The Hall–Kier alpha value is -1.84. The van der Waals surface area contributed by atoms with Gasteiger partial charge in [-0.3, -0.25) is 4.79 Å². The fraction of sp³-hybridized carbons (Fsp3) is 0.529. The first-order valence-corrected chi connectivity index (χ1v) is 7.32. The molecule has 1 amide bonds. The Kier molecular flexibility index (Phi) is 5.53. The van der Waals surface area contributed by atoms with Crippen molar-refractivity contribution in [2.45, 2.75) is 60.4 Å². The number of nitrogens with one attached hydrogen (secondary N) is 1. The maximum atomic E-state index is 12.5. The van der Waals surface area contributed by atoms with Crippen LogP contribution in [0.25, 0.3) is 0 Å². The van der Waals surface area contributed by atoms with Crippen molar-refractivity contribution >= 4 is 11.9 Å².